The fourth-order valence-corrected chi connectivity index (χ4v) is 8.24. The van der Waals surface area contributed by atoms with Gasteiger partial charge in [0.05, 0.1) is 18.8 Å². The highest BCUT2D eigenvalue weighted by Crippen LogP contribution is 2.17. The van der Waals surface area contributed by atoms with E-state index in [1.54, 1.807) is 0 Å². The molecule has 0 rings (SSSR count). The standard InChI is InChI=1S/C53H103NO4/c1-3-5-7-9-11-13-15-17-19-20-21-22-23-24-25-26-27-28-29-30-31-32-33-34-36-38-40-42-44-46-48-52(57)54-50(49-55)53(58)51(56)47-45-43-41-39-37-35-18-16-14-12-10-8-6-4-2/h16,18,39,41,50-51,53,55-56,58H,3-15,17,19-38,40,42-49H2,1-2H3,(H,54,57)/b18-16+,41-39+. The van der Waals surface area contributed by atoms with Crippen LogP contribution in [0.4, 0.5) is 0 Å². The van der Waals surface area contributed by atoms with Crippen LogP contribution in [0.3, 0.4) is 0 Å². The number of allylic oxidation sites excluding steroid dienone is 4. The highest BCUT2D eigenvalue weighted by Gasteiger charge is 2.26. The maximum absolute atomic E-state index is 12.5. The predicted molar refractivity (Wildman–Crippen MR) is 255 cm³/mol. The van der Waals surface area contributed by atoms with Gasteiger partial charge in [-0.2, -0.15) is 0 Å². The number of carbonyl (C=O) groups excluding carboxylic acids is 1. The molecule has 0 radical (unpaired) electrons. The first-order valence-electron chi connectivity index (χ1n) is 26.1. The molecule has 4 N–H and O–H groups in total. The Labute approximate surface area is 362 Å². The molecule has 0 saturated carbocycles. The topological polar surface area (TPSA) is 89.8 Å². The maximum Gasteiger partial charge on any atom is 0.220 e. The molecule has 344 valence electrons. The Hall–Kier alpha value is -1.17. The number of hydrogen-bond donors (Lipinski definition) is 4. The molecule has 0 saturated heterocycles. The molecular weight excluding hydrogens is 715 g/mol. The molecule has 0 spiro atoms. The monoisotopic (exact) mass is 818 g/mol. The first kappa shape index (κ1) is 56.8. The van der Waals surface area contributed by atoms with Gasteiger partial charge in [0.1, 0.15) is 6.10 Å². The van der Waals surface area contributed by atoms with Gasteiger partial charge in [-0.05, 0) is 51.4 Å². The number of amides is 1. The zero-order chi connectivity index (χ0) is 42.3. The van der Waals surface area contributed by atoms with E-state index in [2.05, 4.69) is 43.5 Å². The van der Waals surface area contributed by atoms with Gasteiger partial charge < -0.3 is 20.6 Å². The van der Waals surface area contributed by atoms with Gasteiger partial charge in [0, 0.05) is 6.42 Å². The van der Waals surface area contributed by atoms with Crippen LogP contribution in [0.1, 0.15) is 284 Å². The summed E-state index contributed by atoms with van der Waals surface area (Å²) in [4.78, 5) is 12.5. The van der Waals surface area contributed by atoms with Crippen LogP contribution in [0.15, 0.2) is 24.3 Å². The van der Waals surface area contributed by atoms with Crippen molar-refractivity contribution in [2.24, 2.45) is 0 Å². The lowest BCUT2D eigenvalue weighted by atomic mass is 10.0. The molecule has 0 aromatic carbocycles. The molecular formula is C53H103NO4. The number of hydrogen-bond acceptors (Lipinski definition) is 4. The van der Waals surface area contributed by atoms with E-state index in [1.807, 2.05) is 0 Å². The molecule has 0 heterocycles. The Morgan fingerprint density at radius 3 is 1.05 bits per heavy atom. The lowest BCUT2D eigenvalue weighted by Crippen LogP contribution is -2.50. The van der Waals surface area contributed by atoms with E-state index in [0.29, 0.717) is 12.8 Å². The van der Waals surface area contributed by atoms with Crippen LogP contribution in [0, 0.1) is 0 Å². The molecule has 0 aliphatic rings. The van der Waals surface area contributed by atoms with Crippen molar-refractivity contribution in [3.05, 3.63) is 24.3 Å². The van der Waals surface area contributed by atoms with Gasteiger partial charge in [0.2, 0.25) is 5.91 Å². The minimum atomic E-state index is -1.16. The minimum Gasteiger partial charge on any atom is -0.394 e. The van der Waals surface area contributed by atoms with Crippen molar-refractivity contribution >= 4 is 5.91 Å². The average Bonchev–Trinajstić information content (AvgIpc) is 3.23. The van der Waals surface area contributed by atoms with Crippen molar-refractivity contribution in [2.45, 2.75) is 302 Å². The quantitative estimate of drug-likeness (QED) is 0.0364. The molecule has 5 heteroatoms. The molecule has 58 heavy (non-hydrogen) atoms. The van der Waals surface area contributed by atoms with Crippen LogP contribution in [0.25, 0.3) is 0 Å². The predicted octanol–water partition coefficient (Wildman–Crippen LogP) is 15.7. The summed E-state index contributed by atoms with van der Waals surface area (Å²) < 4.78 is 0. The molecule has 0 aliphatic heterocycles. The first-order chi connectivity index (χ1) is 28.6. The number of aliphatic hydroxyl groups is 3. The lowest BCUT2D eigenvalue weighted by molar-refractivity contribution is -0.124. The van der Waals surface area contributed by atoms with Crippen molar-refractivity contribution in [3.63, 3.8) is 0 Å². The largest absolute Gasteiger partial charge is 0.394 e. The lowest BCUT2D eigenvalue weighted by Gasteiger charge is -2.26. The summed E-state index contributed by atoms with van der Waals surface area (Å²) in [5.41, 5.74) is 0. The summed E-state index contributed by atoms with van der Waals surface area (Å²) in [6, 6.07) is -0.829. The van der Waals surface area contributed by atoms with E-state index in [-0.39, 0.29) is 12.5 Å². The summed E-state index contributed by atoms with van der Waals surface area (Å²) >= 11 is 0. The number of aliphatic hydroxyl groups excluding tert-OH is 3. The number of nitrogens with one attached hydrogen (secondary N) is 1. The second kappa shape index (κ2) is 48.5. The van der Waals surface area contributed by atoms with Crippen LogP contribution in [0.2, 0.25) is 0 Å². The number of carbonyl (C=O) groups is 1. The van der Waals surface area contributed by atoms with Gasteiger partial charge in [-0.1, -0.05) is 250 Å². The third-order valence-corrected chi connectivity index (χ3v) is 12.3. The van der Waals surface area contributed by atoms with Crippen LogP contribution in [-0.2, 0) is 4.79 Å². The summed E-state index contributed by atoms with van der Waals surface area (Å²) in [7, 11) is 0. The van der Waals surface area contributed by atoms with Crippen LogP contribution < -0.4 is 5.32 Å². The van der Waals surface area contributed by atoms with E-state index in [4.69, 9.17) is 0 Å². The average molecular weight is 818 g/mol. The second-order valence-corrected chi connectivity index (χ2v) is 18.1. The van der Waals surface area contributed by atoms with Crippen molar-refractivity contribution in [1.29, 1.82) is 0 Å². The molecule has 0 aromatic heterocycles. The molecule has 0 aromatic rings. The summed E-state index contributed by atoms with van der Waals surface area (Å²) in [5.74, 6) is -0.154. The zero-order valence-electron chi connectivity index (χ0n) is 39.2. The highest BCUT2D eigenvalue weighted by atomic mass is 16.3. The second-order valence-electron chi connectivity index (χ2n) is 18.1. The third-order valence-electron chi connectivity index (χ3n) is 12.3. The number of rotatable bonds is 48. The van der Waals surface area contributed by atoms with E-state index >= 15 is 0 Å². The smallest absolute Gasteiger partial charge is 0.220 e. The fraction of sp³-hybridized carbons (Fsp3) is 0.906. The maximum atomic E-state index is 12.5. The molecule has 1 amide bonds. The van der Waals surface area contributed by atoms with Crippen molar-refractivity contribution in [3.8, 4) is 0 Å². The molecule has 0 fully saturated rings. The summed E-state index contributed by atoms with van der Waals surface area (Å²) in [5, 5.41) is 33.6. The fourth-order valence-electron chi connectivity index (χ4n) is 8.24. The Morgan fingerprint density at radius 2 is 0.707 bits per heavy atom. The van der Waals surface area contributed by atoms with Gasteiger partial charge in [-0.3, -0.25) is 4.79 Å². The van der Waals surface area contributed by atoms with Crippen LogP contribution in [0.5, 0.6) is 0 Å². The summed E-state index contributed by atoms with van der Waals surface area (Å²) in [6.07, 6.45) is 60.5. The van der Waals surface area contributed by atoms with Gasteiger partial charge >= 0.3 is 0 Å². The van der Waals surface area contributed by atoms with Crippen molar-refractivity contribution < 1.29 is 20.1 Å². The molecule has 5 nitrogen and oxygen atoms in total. The SMILES string of the molecule is CCCCCCC/C=C/CC/C=C/CCCC(O)C(O)C(CO)NC(=O)CCCCCCCCCCCCCCCCCCCCCCCCCCCCCCCC. The van der Waals surface area contributed by atoms with Gasteiger partial charge in [0.15, 0.2) is 0 Å². The Bertz CT molecular complexity index is 859. The molecule has 3 unspecified atom stereocenters. The van der Waals surface area contributed by atoms with Crippen LogP contribution >= 0.6 is 0 Å². The molecule has 0 bridgehead atoms. The van der Waals surface area contributed by atoms with Crippen molar-refractivity contribution in [2.75, 3.05) is 6.61 Å². The third kappa shape index (κ3) is 42.9. The van der Waals surface area contributed by atoms with E-state index in [9.17, 15) is 20.1 Å². The van der Waals surface area contributed by atoms with Gasteiger partial charge in [-0.15, -0.1) is 0 Å². The first-order valence-corrected chi connectivity index (χ1v) is 26.1. The minimum absolute atomic E-state index is 0.154. The molecule has 3 atom stereocenters. The Kier molecular flexibility index (Phi) is 47.5. The van der Waals surface area contributed by atoms with Crippen molar-refractivity contribution in [1.82, 2.24) is 5.32 Å². The van der Waals surface area contributed by atoms with E-state index in [0.717, 1.165) is 44.9 Å². The molecule has 0 aliphatic carbocycles. The van der Waals surface area contributed by atoms with E-state index < -0.39 is 18.2 Å². The Morgan fingerprint density at radius 1 is 0.414 bits per heavy atom. The normalized spacial score (nSPS) is 13.5. The van der Waals surface area contributed by atoms with Crippen LogP contribution in [-0.4, -0.2) is 46.1 Å². The van der Waals surface area contributed by atoms with E-state index in [1.165, 1.54) is 212 Å². The van der Waals surface area contributed by atoms with Gasteiger partial charge in [-0.25, -0.2) is 0 Å². The highest BCUT2D eigenvalue weighted by molar-refractivity contribution is 5.76. The van der Waals surface area contributed by atoms with Gasteiger partial charge in [0.25, 0.3) is 0 Å². The zero-order valence-corrected chi connectivity index (χ0v) is 39.2. The summed E-state index contributed by atoms with van der Waals surface area (Å²) in [6.45, 7) is 4.17. The Balaban J connectivity index is 3.50. The number of unbranched alkanes of at least 4 members (excludes halogenated alkanes) is 36.